The van der Waals surface area contributed by atoms with E-state index in [2.05, 4.69) is 14.8 Å². The number of rotatable bonds is 4. The van der Waals surface area contributed by atoms with E-state index in [4.69, 9.17) is 0 Å². The molecule has 0 aliphatic carbocycles. The number of benzene rings is 1. The van der Waals surface area contributed by atoms with Crippen molar-refractivity contribution in [3.05, 3.63) is 62.7 Å². The number of aromatic amines is 1. The number of carbonyl (C=O) groups excluding carboxylic acids is 1. The van der Waals surface area contributed by atoms with Gasteiger partial charge in [-0.3, -0.25) is 19.4 Å². The molecular weight excluding hydrogens is 430 g/mol. The highest BCUT2D eigenvalue weighted by Crippen LogP contribution is 2.33. The Bertz CT molecular complexity index is 1370. The smallest absolute Gasteiger partial charge is 0.275 e. The Labute approximate surface area is 186 Å². The summed E-state index contributed by atoms with van der Waals surface area (Å²) < 4.78 is 27.5. The molecule has 1 aromatic carbocycles. The van der Waals surface area contributed by atoms with Crippen LogP contribution in [0, 0.1) is 20.8 Å². The van der Waals surface area contributed by atoms with Gasteiger partial charge in [0.05, 0.1) is 29.2 Å². The van der Waals surface area contributed by atoms with Crippen LogP contribution in [0.3, 0.4) is 0 Å². The third-order valence-corrected chi connectivity index (χ3v) is 6.52. The number of sulfonamides is 1. The SMILES string of the molecule is Cc1ccc(NS(C)(=O)=O)c(C(=O)N2CCCCC2c2cc3nc(C)c(C)c(=O)n3[nH]2)c1. The van der Waals surface area contributed by atoms with Gasteiger partial charge in [-0.1, -0.05) is 11.6 Å². The van der Waals surface area contributed by atoms with Gasteiger partial charge in [-0.2, -0.15) is 0 Å². The summed E-state index contributed by atoms with van der Waals surface area (Å²) in [6, 6.07) is 6.62. The molecule has 1 fully saturated rings. The Hall–Kier alpha value is -3.14. The number of nitrogens with zero attached hydrogens (tertiary/aromatic N) is 3. The maximum atomic E-state index is 13.6. The minimum absolute atomic E-state index is 0.161. The van der Waals surface area contributed by atoms with Crippen LogP contribution in [-0.2, 0) is 10.0 Å². The van der Waals surface area contributed by atoms with Gasteiger partial charge in [0.15, 0.2) is 5.65 Å². The molecular formula is C22H27N5O4S. The average molecular weight is 458 g/mol. The summed E-state index contributed by atoms with van der Waals surface area (Å²) in [6.45, 7) is 5.93. The molecule has 0 radical (unpaired) electrons. The fraction of sp³-hybridized carbons (Fsp3) is 0.409. The number of hydrogen-bond acceptors (Lipinski definition) is 5. The highest BCUT2D eigenvalue weighted by atomic mass is 32.2. The van der Waals surface area contributed by atoms with Crippen molar-refractivity contribution in [1.29, 1.82) is 0 Å². The van der Waals surface area contributed by atoms with Crippen LogP contribution in [0.1, 0.15) is 58.2 Å². The molecule has 2 aromatic heterocycles. The molecule has 32 heavy (non-hydrogen) atoms. The largest absolute Gasteiger partial charge is 0.330 e. The number of likely N-dealkylation sites (tertiary alicyclic amines) is 1. The maximum Gasteiger partial charge on any atom is 0.275 e. The van der Waals surface area contributed by atoms with Crippen molar-refractivity contribution in [3.63, 3.8) is 0 Å². The number of carbonyl (C=O) groups is 1. The average Bonchev–Trinajstić information content (AvgIpc) is 3.16. The van der Waals surface area contributed by atoms with Crippen molar-refractivity contribution < 1.29 is 13.2 Å². The number of anilines is 1. The second-order valence-corrected chi connectivity index (χ2v) is 10.2. The number of fused-ring (bicyclic) bond motifs is 1. The van der Waals surface area contributed by atoms with Crippen molar-refractivity contribution in [2.24, 2.45) is 0 Å². The lowest BCUT2D eigenvalue weighted by molar-refractivity contribution is 0.0606. The fourth-order valence-electron chi connectivity index (χ4n) is 4.18. The number of hydrogen-bond donors (Lipinski definition) is 2. The minimum Gasteiger partial charge on any atom is -0.330 e. The van der Waals surface area contributed by atoms with Gasteiger partial charge in [-0.05, 0) is 52.2 Å². The molecule has 10 heteroatoms. The lowest BCUT2D eigenvalue weighted by atomic mass is 9.97. The molecule has 1 atom stereocenters. The molecule has 1 unspecified atom stereocenters. The predicted molar refractivity (Wildman–Crippen MR) is 123 cm³/mol. The van der Waals surface area contributed by atoms with Crippen LogP contribution < -0.4 is 10.3 Å². The highest BCUT2D eigenvalue weighted by Gasteiger charge is 2.32. The number of H-pyrrole nitrogens is 1. The van der Waals surface area contributed by atoms with Crippen molar-refractivity contribution in [3.8, 4) is 0 Å². The Balaban J connectivity index is 1.76. The van der Waals surface area contributed by atoms with Crippen LogP contribution in [0.2, 0.25) is 0 Å². The molecule has 0 saturated carbocycles. The topological polar surface area (TPSA) is 117 Å². The van der Waals surface area contributed by atoms with Gasteiger partial charge in [-0.15, -0.1) is 0 Å². The number of amides is 1. The van der Waals surface area contributed by atoms with E-state index in [0.29, 0.717) is 29.0 Å². The van der Waals surface area contributed by atoms with E-state index in [9.17, 15) is 18.0 Å². The van der Waals surface area contributed by atoms with E-state index in [1.807, 2.05) is 13.0 Å². The molecule has 3 aromatic rings. The molecule has 2 N–H and O–H groups in total. The molecule has 1 aliphatic heterocycles. The van der Waals surface area contributed by atoms with Crippen molar-refractivity contribution in [2.75, 3.05) is 17.5 Å². The van der Waals surface area contributed by atoms with Crippen molar-refractivity contribution >= 4 is 27.3 Å². The first-order chi connectivity index (χ1) is 15.0. The fourth-order valence-corrected chi connectivity index (χ4v) is 4.76. The lowest BCUT2D eigenvalue weighted by Crippen LogP contribution is -2.39. The number of piperidine rings is 1. The number of aryl methyl sites for hydroxylation is 2. The lowest BCUT2D eigenvalue weighted by Gasteiger charge is -2.35. The third-order valence-electron chi connectivity index (χ3n) is 5.93. The second-order valence-electron chi connectivity index (χ2n) is 8.47. The molecule has 9 nitrogen and oxygen atoms in total. The Morgan fingerprint density at radius 1 is 1.19 bits per heavy atom. The quantitative estimate of drug-likeness (QED) is 0.625. The normalized spacial score (nSPS) is 17.0. The van der Waals surface area contributed by atoms with Crippen LogP contribution in [-0.4, -0.2) is 46.6 Å². The van der Waals surface area contributed by atoms with Crippen LogP contribution in [0.25, 0.3) is 5.65 Å². The molecule has 1 aliphatic rings. The first kappa shape index (κ1) is 22.1. The molecule has 0 spiro atoms. The molecule has 4 rings (SSSR count). The van der Waals surface area contributed by atoms with Crippen molar-refractivity contribution in [1.82, 2.24) is 19.5 Å². The summed E-state index contributed by atoms with van der Waals surface area (Å²) in [5.41, 5.74) is 3.75. The first-order valence-electron chi connectivity index (χ1n) is 10.5. The zero-order chi connectivity index (χ0) is 23.2. The molecule has 3 heterocycles. The summed E-state index contributed by atoms with van der Waals surface area (Å²) in [4.78, 5) is 32.5. The Kier molecular flexibility index (Phi) is 5.58. The van der Waals surface area contributed by atoms with Crippen molar-refractivity contribution in [2.45, 2.75) is 46.1 Å². The van der Waals surface area contributed by atoms with Gasteiger partial charge < -0.3 is 4.90 Å². The van der Waals surface area contributed by atoms with E-state index in [-0.39, 0.29) is 23.2 Å². The zero-order valence-corrected chi connectivity index (χ0v) is 19.4. The van der Waals surface area contributed by atoms with Crippen LogP contribution in [0.15, 0.2) is 29.1 Å². The maximum absolute atomic E-state index is 13.6. The summed E-state index contributed by atoms with van der Waals surface area (Å²) in [6.07, 6.45) is 3.57. The molecule has 0 bridgehead atoms. The highest BCUT2D eigenvalue weighted by molar-refractivity contribution is 7.92. The first-order valence-corrected chi connectivity index (χ1v) is 12.4. The Morgan fingerprint density at radius 3 is 2.66 bits per heavy atom. The summed E-state index contributed by atoms with van der Waals surface area (Å²) in [7, 11) is -3.55. The van der Waals surface area contributed by atoms with E-state index in [0.717, 1.165) is 36.8 Å². The van der Waals surface area contributed by atoms with Gasteiger partial charge >= 0.3 is 0 Å². The standard InChI is InChI=1S/C22H27N5O4S/c1-13-8-9-17(25-32(4,30)31)16(11-13)22(29)26-10-6-5-7-19(26)18-12-20-23-15(3)14(2)21(28)27(20)24-18/h8-9,11-12,19,24-25H,5-7,10H2,1-4H3. The van der Waals surface area contributed by atoms with E-state index in [1.165, 1.54) is 4.52 Å². The predicted octanol–water partition coefficient (Wildman–Crippen LogP) is 2.69. The van der Waals surface area contributed by atoms with Crippen LogP contribution >= 0.6 is 0 Å². The zero-order valence-electron chi connectivity index (χ0n) is 18.6. The summed E-state index contributed by atoms with van der Waals surface area (Å²) in [5, 5.41) is 3.14. The Morgan fingerprint density at radius 2 is 1.94 bits per heavy atom. The van der Waals surface area contributed by atoms with Gasteiger partial charge in [0.25, 0.3) is 11.5 Å². The monoisotopic (exact) mass is 457 g/mol. The van der Waals surface area contributed by atoms with Gasteiger partial charge in [0.2, 0.25) is 10.0 Å². The van der Waals surface area contributed by atoms with E-state index in [1.54, 1.807) is 36.9 Å². The van der Waals surface area contributed by atoms with Gasteiger partial charge in [0, 0.05) is 23.9 Å². The van der Waals surface area contributed by atoms with Gasteiger partial charge in [-0.25, -0.2) is 17.9 Å². The number of nitrogens with one attached hydrogen (secondary N) is 2. The van der Waals surface area contributed by atoms with Crippen LogP contribution in [0.5, 0.6) is 0 Å². The number of aromatic nitrogens is 3. The second kappa shape index (κ2) is 8.09. The molecule has 170 valence electrons. The van der Waals surface area contributed by atoms with Crippen LogP contribution in [0.4, 0.5) is 5.69 Å². The third kappa shape index (κ3) is 4.14. The molecule has 1 saturated heterocycles. The minimum atomic E-state index is -3.55. The summed E-state index contributed by atoms with van der Waals surface area (Å²) in [5.74, 6) is -0.254. The summed E-state index contributed by atoms with van der Waals surface area (Å²) >= 11 is 0. The van der Waals surface area contributed by atoms with Gasteiger partial charge in [0.1, 0.15) is 0 Å². The van der Waals surface area contributed by atoms with E-state index >= 15 is 0 Å². The molecule has 1 amide bonds. The van der Waals surface area contributed by atoms with E-state index < -0.39 is 10.0 Å².